The lowest BCUT2D eigenvalue weighted by Gasteiger charge is -2.41. The third-order valence-electron chi connectivity index (χ3n) is 2.21. The van der Waals surface area contributed by atoms with Crippen LogP contribution in [0.1, 0.15) is 20.8 Å². The third-order valence-corrected chi connectivity index (χ3v) is 5.51. The Morgan fingerprint density at radius 2 is 1.50 bits per heavy atom. The van der Waals surface area contributed by atoms with Crippen LogP contribution in [0.5, 0.6) is 0 Å². The standard InChI is InChI=1S/C7H18ClNSi/c1-6(2,3)7(8,10)9(4)5/h1-5,10H3. The van der Waals surface area contributed by atoms with E-state index in [0.717, 1.165) is 10.2 Å². The van der Waals surface area contributed by atoms with Gasteiger partial charge in [0, 0.05) is 10.2 Å². The van der Waals surface area contributed by atoms with E-state index in [1.54, 1.807) is 0 Å². The Morgan fingerprint density at radius 3 is 1.50 bits per heavy atom. The second-order valence-corrected chi connectivity index (χ2v) is 6.91. The van der Waals surface area contributed by atoms with Crippen molar-refractivity contribution in [3.63, 3.8) is 0 Å². The molecule has 0 radical (unpaired) electrons. The largest absolute Gasteiger partial charge is 0.294 e. The van der Waals surface area contributed by atoms with Crippen molar-refractivity contribution in [2.24, 2.45) is 5.41 Å². The van der Waals surface area contributed by atoms with E-state index < -0.39 is 0 Å². The molecule has 3 heteroatoms. The quantitative estimate of drug-likeness (QED) is 0.328. The van der Waals surface area contributed by atoms with Crippen molar-refractivity contribution in [1.29, 1.82) is 0 Å². The maximum atomic E-state index is 6.33. The lowest BCUT2D eigenvalue weighted by Crippen LogP contribution is -2.49. The first-order valence-electron chi connectivity index (χ1n) is 3.56. The van der Waals surface area contributed by atoms with Crippen LogP contribution < -0.4 is 0 Å². The monoisotopic (exact) mass is 179 g/mol. The molecule has 0 heterocycles. The van der Waals surface area contributed by atoms with Gasteiger partial charge >= 0.3 is 0 Å². The molecular weight excluding hydrogens is 162 g/mol. The highest BCUT2D eigenvalue weighted by molar-refractivity contribution is 6.44. The van der Waals surface area contributed by atoms with Crippen LogP contribution >= 0.6 is 11.6 Å². The Morgan fingerprint density at radius 1 is 1.20 bits per heavy atom. The van der Waals surface area contributed by atoms with E-state index >= 15 is 0 Å². The van der Waals surface area contributed by atoms with Gasteiger partial charge in [0.25, 0.3) is 0 Å². The summed E-state index contributed by atoms with van der Waals surface area (Å²) in [7, 11) is 5.05. The Hall–Kier alpha value is 0.467. The first-order chi connectivity index (χ1) is 4.19. The average Bonchev–Trinajstić information content (AvgIpc) is 1.62. The number of rotatable bonds is 1. The first kappa shape index (κ1) is 10.5. The molecule has 0 fully saturated rings. The average molecular weight is 180 g/mol. The fraction of sp³-hybridized carbons (Fsp3) is 1.00. The van der Waals surface area contributed by atoms with Gasteiger partial charge in [0.1, 0.15) is 0 Å². The highest BCUT2D eigenvalue weighted by Gasteiger charge is 2.36. The molecule has 0 spiro atoms. The highest BCUT2D eigenvalue weighted by Crippen LogP contribution is 2.34. The van der Waals surface area contributed by atoms with Crippen molar-refractivity contribution in [2.75, 3.05) is 14.1 Å². The number of alkyl halides is 1. The van der Waals surface area contributed by atoms with E-state index in [0.29, 0.717) is 0 Å². The maximum absolute atomic E-state index is 6.33. The molecule has 1 atom stereocenters. The first-order valence-corrected chi connectivity index (χ1v) is 4.93. The minimum absolute atomic E-state index is 0.118. The molecule has 0 saturated carbocycles. The Kier molecular flexibility index (Phi) is 2.97. The SMILES string of the molecule is CN(C)C([SiH3])(Cl)C(C)(C)C. The summed E-state index contributed by atoms with van der Waals surface area (Å²) in [6.07, 6.45) is 0. The van der Waals surface area contributed by atoms with Gasteiger partial charge in [-0.15, -0.1) is 11.6 Å². The van der Waals surface area contributed by atoms with Gasteiger partial charge < -0.3 is 0 Å². The Bertz CT molecular complexity index is 115. The summed E-state index contributed by atoms with van der Waals surface area (Å²) >= 11 is 6.33. The van der Waals surface area contributed by atoms with Gasteiger partial charge in [-0.2, -0.15) is 0 Å². The van der Waals surface area contributed by atoms with E-state index in [-0.39, 0.29) is 10.0 Å². The minimum Gasteiger partial charge on any atom is -0.294 e. The number of halogens is 1. The molecule has 62 valence electrons. The van der Waals surface area contributed by atoms with Crippen molar-refractivity contribution in [3.05, 3.63) is 0 Å². The summed E-state index contributed by atoms with van der Waals surface area (Å²) in [6.45, 7) is 6.52. The van der Waals surface area contributed by atoms with Crippen LogP contribution in [-0.2, 0) is 0 Å². The zero-order chi connectivity index (χ0) is 8.58. The van der Waals surface area contributed by atoms with Gasteiger partial charge in [-0.1, -0.05) is 20.8 Å². The molecule has 0 N–H and O–H groups in total. The summed E-state index contributed by atoms with van der Waals surface area (Å²) in [5.74, 6) is 0. The van der Waals surface area contributed by atoms with Crippen LogP contribution in [0.4, 0.5) is 0 Å². The Balaban J connectivity index is 4.40. The topological polar surface area (TPSA) is 3.24 Å². The molecule has 0 aromatic heterocycles. The lowest BCUT2D eigenvalue weighted by molar-refractivity contribution is 0.186. The van der Waals surface area contributed by atoms with Gasteiger partial charge in [0.2, 0.25) is 0 Å². The molecule has 1 unspecified atom stereocenters. The van der Waals surface area contributed by atoms with Crippen molar-refractivity contribution >= 4 is 21.8 Å². The summed E-state index contributed by atoms with van der Waals surface area (Å²) < 4.78 is -0.118. The molecule has 0 aliphatic rings. The summed E-state index contributed by atoms with van der Waals surface area (Å²) in [6, 6.07) is 0. The van der Waals surface area contributed by atoms with Crippen LogP contribution in [0.2, 0.25) is 0 Å². The van der Waals surface area contributed by atoms with Crippen LogP contribution in [0, 0.1) is 5.41 Å². The molecular formula is C7H18ClNSi. The van der Waals surface area contributed by atoms with Crippen molar-refractivity contribution in [2.45, 2.75) is 25.4 Å². The predicted octanol–water partition coefficient (Wildman–Crippen LogP) is 0.852. The van der Waals surface area contributed by atoms with Crippen LogP contribution in [0.25, 0.3) is 0 Å². The molecule has 10 heavy (non-hydrogen) atoms. The second kappa shape index (κ2) is 2.84. The van der Waals surface area contributed by atoms with Crippen LogP contribution in [0.15, 0.2) is 0 Å². The molecule has 0 aromatic rings. The molecule has 0 bridgehead atoms. The second-order valence-electron chi connectivity index (χ2n) is 4.10. The molecule has 1 nitrogen and oxygen atoms in total. The third kappa shape index (κ3) is 1.97. The van der Waals surface area contributed by atoms with Crippen LogP contribution in [0.3, 0.4) is 0 Å². The van der Waals surface area contributed by atoms with E-state index in [9.17, 15) is 0 Å². The number of hydrogen-bond donors (Lipinski definition) is 0. The summed E-state index contributed by atoms with van der Waals surface area (Å²) in [5.41, 5.74) is 0.171. The van der Waals surface area contributed by atoms with E-state index in [1.807, 2.05) is 14.1 Å². The summed E-state index contributed by atoms with van der Waals surface area (Å²) in [4.78, 5) is 2.10. The minimum atomic E-state index is -0.118. The van der Waals surface area contributed by atoms with Gasteiger partial charge in [0.05, 0.1) is 4.62 Å². The van der Waals surface area contributed by atoms with Crippen molar-refractivity contribution in [1.82, 2.24) is 4.90 Å². The fourth-order valence-electron chi connectivity index (χ4n) is 0.671. The molecule has 0 amide bonds. The molecule has 0 aromatic carbocycles. The lowest BCUT2D eigenvalue weighted by atomic mass is 9.95. The Labute approximate surface area is 72.2 Å². The summed E-state index contributed by atoms with van der Waals surface area (Å²) in [5, 5.41) is 0. The molecule has 0 rings (SSSR count). The fourth-order valence-corrected chi connectivity index (χ4v) is 0.671. The van der Waals surface area contributed by atoms with Gasteiger partial charge in [-0.25, -0.2) is 0 Å². The van der Waals surface area contributed by atoms with E-state index in [4.69, 9.17) is 11.6 Å². The zero-order valence-electron chi connectivity index (χ0n) is 7.83. The van der Waals surface area contributed by atoms with E-state index in [1.165, 1.54) is 0 Å². The molecule has 0 saturated heterocycles. The number of nitrogens with zero attached hydrogens (tertiary/aromatic N) is 1. The normalized spacial score (nSPS) is 19.5. The van der Waals surface area contributed by atoms with E-state index in [2.05, 4.69) is 25.7 Å². The van der Waals surface area contributed by atoms with Gasteiger partial charge in [-0.05, 0) is 19.5 Å². The zero-order valence-corrected chi connectivity index (χ0v) is 10.6. The van der Waals surface area contributed by atoms with Crippen LogP contribution in [-0.4, -0.2) is 33.9 Å². The maximum Gasteiger partial charge on any atom is 0.0791 e. The smallest absolute Gasteiger partial charge is 0.0791 e. The van der Waals surface area contributed by atoms with Crippen molar-refractivity contribution in [3.8, 4) is 0 Å². The molecule has 0 aliphatic heterocycles. The predicted molar refractivity (Wildman–Crippen MR) is 51.7 cm³/mol. The van der Waals surface area contributed by atoms with Gasteiger partial charge in [-0.3, -0.25) is 4.90 Å². The highest BCUT2D eigenvalue weighted by atomic mass is 35.5. The van der Waals surface area contributed by atoms with Crippen molar-refractivity contribution < 1.29 is 0 Å². The molecule has 0 aliphatic carbocycles. The number of hydrogen-bond acceptors (Lipinski definition) is 1. The van der Waals surface area contributed by atoms with Gasteiger partial charge in [0.15, 0.2) is 0 Å².